The van der Waals surface area contributed by atoms with Crippen LogP contribution in [0.5, 0.6) is 0 Å². The Balaban J connectivity index is 1.48. The van der Waals surface area contributed by atoms with E-state index in [4.69, 9.17) is 4.74 Å². The summed E-state index contributed by atoms with van der Waals surface area (Å²) in [6.07, 6.45) is 1.83. The summed E-state index contributed by atoms with van der Waals surface area (Å²) in [6.45, 7) is 5.83. The first-order chi connectivity index (χ1) is 8.79. The Bertz CT molecular complexity index is 445. The highest BCUT2D eigenvalue weighted by Crippen LogP contribution is 2.52. The molecule has 0 bridgehead atoms. The van der Waals surface area contributed by atoms with Crippen molar-refractivity contribution in [2.24, 2.45) is 17.8 Å². The third-order valence-electron chi connectivity index (χ3n) is 4.00. The molecule has 1 saturated carbocycles. The zero-order chi connectivity index (χ0) is 12.5. The zero-order valence-electron chi connectivity index (χ0n) is 10.3. The zero-order valence-corrected chi connectivity index (χ0v) is 10.3. The average Bonchev–Trinajstić information content (AvgIpc) is 2.88. The summed E-state index contributed by atoms with van der Waals surface area (Å²) in [4.78, 5) is 13.7. The lowest BCUT2D eigenvalue weighted by Gasteiger charge is -2.18. The van der Waals surface area contributed by atoms with Gasteiger partial charge in [-0.15, -0.1) is 6.58 Å². The number of hydrogen-bond acceptors (Lipinski definition) is 2. The van der Waals surface area contributed by atoms with E-state index in [0.29, 0.717) is 24.4 Å². The fraction of sp³-hybridized carbons (Fsp3) is 0.400. The van der Waals surface area contributed by atoms with Crippen LogP contribution in [0.3, 0.4) is 0 Å². The third kappa shape index (κ3) is 2.01. The Morgan fingerprint density at radius 2 is 2.00 bits per heavy atom. The van der Waals surface area contributed by atoms with Gasteiger partial charge in [0.05, 0.1) is 0 Å². The molecule has 0 aromatic heterocycles. The van der Waals surface area contributed by atoms with E-state index >= 15 is 0 Å². The summed E-state index contributed by atoms with van der Waals surface area (Å²) in [6, 6.07) is 9.77. The second kappa shape index (κ2) is 4.48. The summed E-state index contributed by atoms with van der Waals surface area (Å²) < 4.78 is 5.31. The molecule has 0 spiro atoms. The van der Waals surface area contributed by atoms with Gasteiger partial charge < -0.3 is 9.64 Å². The number of hydrogen-bond donors (Lipinski definition) is 0. The lowest BCUT2D eigenvalue weighted by molar-refractivity contribution is 0.0994. The van der Waals surface area contributed by atoms with E-state index in [1.807, 2.05) is 41.3 Å². The van der Waals surface area contributed by atoms with Crippen molar-refractivity contribution in [1.29, 1.82) is 0 Å². The van der Waals surface area contributed by atoms with Gasteiger partial charge in [-0.1, -0.05) is 36.4 Å². The van der Waals surface area contributed by atoms with Crippen molar-refractivity contribution in [2.75, 3.05) is 13.1 Å². The number of piperidine rings is 1. The second-order valence-corrected chi connectivity index (χ2v) is 5.09. The Morgan fingerprint density at radius 1 is 1.33 bits per heavy atom. The minimum atomic E-state index is -0.186. The molecule has 1 amide bonds. The smallest absolute Gasteiger partial charge is 0.410 e. The number of nitrogens with zero attached hydrogens (tertiary/aromatic N) is 1. The van der Waals surface area contributed by atoms with Crippen LogP contribution in [0.4, 0.5) is 4.79 Å². The largest absolute Gasteiger partial charge is 0.445 e. The van der Waals surface area contributed by atoms with Crippen molar-refractivity contribution in [1.82, 2.24) is 4.90 Å². The maximum Gasteiger partial charge on any atom is 0.410 e. The van der Waals surface area contributed by atoms with E-state index in [1.165, 1.54) is 0 Å². The molecular weight excluding hydrogens is 226 g/mol. The topological polar surface area (TPSA) is 29.5 Å². The van der Waals surface area contributed by atoms with Gasteiger partial charge in [0.2, 0.25) is 0 Å². The number of amides is 1. The van der Waals surface area contributed by atoms with E-state index in [-0.39, 0.29) is 6.09 Å². The van der Waals surface area contributed by atoms with Crippen molar-refractivity contribution in [3.8, 4) is 0 Å². The number of likely N-dealkylation sites (tertiary alicyclic amines) is 1. The highest BCUT2D eigenvalue weighted by atomic mass is 16.6. The second-order valence-electron chi connectivity index (χ2n) is 5.09. The van der Waals surface area contributed by atoms with Crippen molar-refractivity contribution in [3.05, 3.63) is 48.6 Å². The van der Waals surface area contributed by atoms with Crippen LogP contribution in [0.2, 0.25) is 0 Å². The average molecular weight is 243 g/mol. The molecule has 3 atom stereocenters. The molecular formula is C15H17NO2. The highest BCUT2D eigenvalue weighted by Gasteiger charge is 2.55. The molecule has 18 heavy (non-hydrogen) atoms. The van der Waals surface area contributed by atoms with Crippen molar-refractivity contribution >= 4 is 6.09 Å². The quantitative estimate of drug-likeness (QED) is 0.764. The predicted octanol–water partition coefficient (Wildman–Crippen LogP) is 2.69. The molecule has 1 heterocycles. The molecule has 2 unspecified atom stereocenters. The fourth-order valence-electron chi connectivity index (χ4n) is 2.88. The van der Waals surface area contributed by atoms with Gasteiger partial charge in [0, 0.05) is 13.1 Å². The van der Waals surface area contributed by atoms with Crippen LogP contribution in [-0.4, -0.2) is 24.1 Å². The Morgan fingerprint density at radius 3 is 2.61 bits per heavy atom. The van der Waals surface area contributed by atoms with Crippen LogP contribution in [-0.2, 0) is 11.3 Å². The van der Waals surface area contributed by atoms with Gasteiger partial charge in [0.25, 0.3) is 0 Å². The Labute approximate surface area is 107 Å². The van der Waals surface area contributed by atoms with Crippen LogP contribution in [0, 0.1) is 17.8 Å². The van der Waals surface area contributed by atoms with Crippen molar-refractivity contribution < 1.29 is 9.53 Å². The Hall–Kier alpha value is -1.77. The monoisotopic (exact) mass is 243 g/mol. The summed E-state index contributed by atoms with van der Waals surface area (Å²) in [7, 11) is 0. The van der Waals surface area contributed by atoms with Crippen molar-refractivity contribution in [3.63, 3.8) is 0 Å². The summed E-state index contributed by atoms with van der Waals surface area (Å²) in [5.41, 5.74) is 1.03. The predicted molar refractivity (Wildman–Crippen MR) is 68.9 cm³/mol. The number of benzene rings is 1. The van der Waals surface area contributed by atoms with Crippen LogP contribution in [0.15, 0.2) is 43.0 Å². The summed E-state index contributed by atoms with van der Waals surface area (Å²) >= 11 is 0. The molecule has 3 nitrogen and oxygen atoms in total. The molecule has 1 saturated heterocycles. The molecule has 1 aromatic carbocycles. The highest BCUT2D eigenvalue weighted by molar-refractivity contribution is 5.68. The molecule has 3 rings (SSSR count). The molecule has 0 radical (unpaired) electrons. The first-order valence-electron chi connectivity index (χ1n) is 6.38. The van der Waals surface area contributed by atoms with E-state index in [2.05, 4.69) is 6.58 Å². The van der Waals surface area contributed by atoms with Gasteiger partial charge in [-0.25, -0.2) is 4.79 Å². The van der Waals surface area contributed by atoms with Gasteiger partial charge in [0.15, 0.2) is 0 Å². The number of carbonyl (C=O) groups excluding carboxylic acids is 1. The minimum absolute atomic E-state index is 0.186. The van der Waals surface area contributed by atoms with Gasteiger partial charge in [-0.3, -0.25) is 0 Å². The standard InChI is InChI=1S/C15H17NO2/c1-2-12-13-8-16(9-14(12)13)15(17)18-10-11-6-4-3-5-7-11/h2-7,12-14H,1,8-10H2/t12?,13-,14?/m0/s1. The minimum Gasteiger partial charge on any atom is -0.445 e. The summed E-state index contributed by atoms with van der Waals surface area (Å²) in [5, 5.41) is 0. The lowest BCUT2D eigenvalue weighted by Crippen LogP contribution is -2.31. The molecule has 3 heteroatoms. The summed E-state index contributed by atoms with van der Waals surface area (Å²) in [5.74, 6) is 1.89. The van der Waals surface area contributed by atoms with Gasteiger partial charge >= 0.3 is 6.09 Å². The first kappa shape index (κ1) is 11.3. The lowest BCUT2D eigenvalue weighted by atomic mass is 10.2. The number of ether oxygens (including phenoxy) is 1. The third-order valence-corrected chi connectivity index (χ3v) is 4.00. The molecule has 0 N–H and O–H groups in total. The van der Waals surface area contributed by atoms with Crippen LogP contribution < -0.4 is 0 Å². The van der Waals surface area contributed by atoms with Crippen LogP contribution in [0.25, 0.3) is 0 Å². The number of fused-ring (bicyclic) bond motifs is 1. The van der Waals surface area contributed by atoms with E-state index < -0.39 is 0 Å². The van der Waals surface area contributed by atoms with E-state index in [9.17, 15) is 4.79 Å². The molecule has 1 aliphatic carbocycles. The number of carbonyl (C=O) groups is 1. The van der Waals surface area contributed by atoms with Gasteiger partial charge in [0.1, 0.15) is 6.61 Å². The molecule has 94 valence electrons. The number of allylic oxidation sites excluding steroid dienone is 1. The van der Waals surface area contributed by atoms with E-state index in [0.717, 1.165) is 18.7 Å². The van der Waals surface area contributed by atoms with Crippen molar-refractivity contribution in [2.45, 2.75) is 6.61 Å². The van der Waals surface area contributed by atoms with Crippen LogP contribution >= 0.6 is 0 Å². The van der Waals surface area contributed by atoms with Gasteiger partial charge in [-0.2, -0.15) is 0 Å². The first-order valence-corrected chi connectivity index (χ1v) is 6.38. The molecule has 1 aromatic rings. The molecule has 2 aliphatic rings. The van der Waals surface area contributed by atoms with Crippen LogP contribution in [0.1, 0.15) is 5.56 Å². The molecule has 1 aliphatic heterocycles. The fourth-order valence-corrected chi connectivity index (χ4v) is 2.88. The normalized spacial score (nSPS) is 28.7. The maximum atomic E-state index is 11.9. The maximum absolute atomic E-state index is 11.9. The molecule has 2 fully saturated rings. The van der Waals surface area contributed by atoms with E-state index in [1.54, 1.807) is 0 Å². The Kier molecular flexibility index (Phi) is 2.82. The number of rotatable bonds is 3. The van der Waals surface area contributed by atoms with Gasteiger partial charge in [-0.05, 0) is 23.3 Å². The SMILES string of the molecule is C=CC1C2CN(C(=O)OCc3ccccc3)C[C@@H]12.